The van der Waals surface area contributed by atoms with Crippen LogP contribution in [0.2, 0.25) is 0 Å². The van der Waals surface area contributed by atoms with Crippen molar-refractivity contribution in [3.63, 3.8) is 0 Å². The maximum absolute atomic E-state index is 12.7. The monoisotopic (exact) mass is 380 g/mol. The molecule has 2 heterocycles. The minimum absolute atomic E-state index is 0.246. The normalized spacial score (nSPS) is 16.8. The van der Waals surface area contributed by atoms with Crippen molar-refractivity contribution in [3.05, 3.63) is 59.2 Å². The minimum Gasteiger partial charge on any atom is -0.454 e. The van der Waals surface area contributed by atoms with E-state index in [1.54, 1.807) is 0 Å². The van der Waals surface area contributed by atoms with Gasteiger partial charge in [0.05, 0.1) is 0 Å². The maximum Gasteiger partial charge on any atom is 0.231 e. The van der Waals surface area contributed by atoms with Crippen LogP contribution in [0.4, 0.5) is 0 Å². The van der Waals surface area contributed by atoms with Crippen LogP contribution in [0, 0.1) is 6.92 Å². The van der Waals surface area contributed by atoms with Crippen molar-refractivity contribution in [1.82, 2.24) is 9.80 Å². The van der Waals surface area contributed by atoms with E-state index in [-0.39, 0.29) is 12.7 Å². The lowest BCUT2D eigenvalue weighted by Gasteiger charge is -2.22. The molecule has 0 aliphatic carbocycles. The van der Waals surface area contributed by atoms with Crippen molar-refractivity contribution < 1.29 is 14.3 Å². The van der Waals surface area contributed by atoms with Crippen LogP contribution in [0.15, 0.2) is 42.5 Å². The summed E-state index contributed by atoms with van der Waals surface area (Å²) >= 11 is 0. The third-order valence-corrected chi connectivity index (χ3v) is 5.66. The van der Waals surface area contributed by atoms with Crippen LogP contribution in [0.5, 0.6) is 11.5 Å². The highest BCUT2D eigenvalue weighted by Gasteiger charge is 2.20. The number of nitrogens with zero attached hydrogens (tertiary/aromatic N) is 2. The molecule has 1 saturated heterocycles. The van der Waals surface area contributed by atoms with Gasteiger partial charge >= 0.3 is 0 Å². The fourth-order valence-corrected chi connectivity index (χ4v) is 3.91. The molecule has 4 rings (SSSR count). The highest BCUT2D eigenvalue weighted by molar-refractivity contribution is 5.76. The Labute approximate surface area is 166 Å². The molecule has 2 aromatic rings. The van der Waals surface area contributed by atoms with Crippen molar-refractivity contribution in [2.75, 3.05) is 33.0 Å². The molecule has 0 radical (unpaired) electrons. The van der Waals surface area contributed by atoms with Gasteiger partial charge in [-0.25, -0.2) is 0 Å². The lowest BCUT2D eigenvalue weighted by Crippen LogP contribution is -2.35. The molecule has 2 aromatic carbocycles. The van der Waals surface area contributed by atoms with Gasteiger partial charge in [-0.05, 0) is 48.6 Å². The quantitative estimate of drug-likeness (QED) is 0.797. The summed E-state index contributed by atoms with van der Waals surface area (Å²) < 4.78 is 10.8. The Morgan fingerprint density at radius 3 is 2.75 bits per heavy atom. The topological polar surface area (TPSA) is 42.0 Å². The molecule has 0 bridgehead atoms. The molecule has 28 heavy (non-hydrogen) atoms. The van der Waals surface area contributed by atoms with Crippen LogP contribution >= 0.6 is 0 Å². The van der Waals surface area contributed by atoms with E-state index < -0.39 is 0 Å². The van der Waals surface area contributed by atoms with E-state index in [4.69, 9.17) is 9.47 Å². The van der Waals surface area contributed by atoms with Gasteiger partial charge in [-0.3, -0.25) is 9.69 Å². The first-order valence-corrected chi connectivity index (χ1v) is 10.1. The predicted molar refractivity (Wildman–Crippen MR) is 109 cm³/mol. The first-order chi connectivity index (χ1) is 13.7. The number of aryl methyl sites for hydroxylation is 2. The lowest BCUT2D eigenvalue weighted by atomic mass is 10.1. The van der Waals surface area contributed by atoms with Crippen LogP contribution in [0.1, 0.15) is 29.5 Å². The summed E-state index contributed by atoms with van der Waals surface area (Å²) in [5.41, 5.74) is 3.84. The van der Waals surface area contributed by atoms with E-state index in [1.807, 2.05) is 23.1 Å². The molecule has 5 nitrogen and oxygen atoms in total. The summed E-state index contributed by atoms with van der Waals surface area (Å²) in [5, 5.41) is 0. The number of fused-ring (bicyclic) bond motifs is 1. The highest BCUT2D eigenvalue weighted by Crippen LogP contribution is 2.32. The summed E-state index contributed by atoms with van der Waals surface area (Å²) in [5.74, 6) is 1.82. The Balaban J connectivity index is 1.28. The summed E-state index contributed by atoms with van der Waals surface area (Å²) in [6, 6.07) is 14.5. The largest absolute Gasteiger partial charge is 0.454 e. The molecule has 1 amide bonds. The second kappa shape index (κ2) is 8.65. The third-order valence-electron chi connectivity index (χ3n) is 5.66. The molecule has 5 heteroatoms. The molecule has 1 fully saturated rings. The summed E-state index contributed by atoms with van der Waals surface area (Å²) in [6.45, 7) is 7.05. The Kier molecular flexibility index (Phi) is 5.81. The fraction of sp³-hybridized carbons (Fsp3) is 0.435. The molecule has 0 N–H and O–H groups in total. The van der Waals surface area contributed by atoms with E-state index in [2.05, 4.69) is 36.1 Å². The Morgan fingerprint density at radius 2 is 1.86 bits per heavy atom. The van der Waals surface area contributed by atoms with Gasteiger partial charge in [-0.15, -0.1) is 0 Å². The maximum atomic E-state index is 12.7. The molecular formula is C23H28N2O3. The van der Waals surface area contributed by atoms with Gasteiger partial charge in [0.1, 0.15) is 0 Å². The molecule has 0 unspecified atom stereocenters. The van der Waals surface area contributed by atoms with Crippen molar-refractivity contribution >= 4 is 5.91 Å². The standard InChI is InChI=1S/C23H28N2O3/c1-18-5-2-3-6-20(18)16-24-11-4-12-25(14-13-24)23(26)10-8-19-7-9-21-22(15-19)28-17-27-21/h2-3,5-7,9,15H,4,8,10-14,16-17H2,1H3. The Hall–Kier alpha value is -2.53. The van der Waals surface area contributed by atoms with Crippen molar-refractivity contribution in [3.8, 4) is 11.5 Å². The van der Waals surface area contributed by atoms with Gasteiger partial charge in [0, 0.05) is 39.1 Å². The summed E-state index contributed by atoms with van der Waals surface area (Å²) in [7, 11) is 0. The average molecular weight is 380 g/mol. The zero-order valence-electron chi connectivity index (χ0n) is 16.5. The van der Waals surface area contributed by atoms with Gasteiger partial charge in [-0.2, -0.15) is 0 Å². The zero-order valence-corrected chi connectivity index (χ0v) is 16.5. The third kappa shape index (κ3) is 4.47. The van der Waals surface area contributed by atoms with E-state index in [0.717, 1.165) is 62.6 Å². The second-order valence-corrected chi connectivity index (χ2v) is 7.62. The van der Waals surface area contributed by atoms with E-state index in [0.29, 0.717) is 6.42 Å². The number of hydrogen-bond acceptors (Lipinski definition) is 4. The van der Waals surface area contributed by atoms with Gasteiger partial charge < -0.3 is 14.4 Å². The van der Waals surface area contributed by atoms with Gasteiger partial charge in [-0.1, -0.05) is 30.3 Å². The van der Waals surface area contributed by atoms with Crippen molar-refractivity contribution in [2.45, 2.75) is 32.7 Å². The van der Waals surface area contributed by atoms with Crippen molar-refractivity contribution in [2.24, 2.45) is 0 Å². The highest BCUT2D eigenvalue weighted by atomic mass is 16.7. The van der Waals surface area contributed by atoms with Crippen LogP contribution < -0.4 is 9.47 Å². The summed E-state index contributed by atoms with van der Waals surface area (Å²) in [4.78, 5) is 17.2. The van der Waals surface area contributed by atoms with Crippen LogP contribution in [0.25, 0.3) is 0 Å². The summed E-state index contributed by atoms with van der Waals surface area (Å²) in [6.07, 6.45) is 2.30. The molecule has 2 aliphatic heterocycles. The Bertz CT molecular complexity index is 836. The van der Waals surface area contributed by atoms with Crippen LogP contribution in [0.3, 0.4) is 0 Å². The van der Waals surface area contributed by atoms with E-state index >= 15 is 0 Å². The van der Waals surface area contributed by atoms with E-state index in [9.17, 15) is 4.79 Å². The van der Waals surface area contributed by atoms with Crippen LogP contribution in [-0.4, -0.2) is 48.7 Å². The van der Waals surface area contributed by atoms with Gasteiger partial charge in [0.15, 0.2) is 11.5 Å². The first-order valence-electron chi connectivity index (χ1n) is 10.1. The molecule has 148 valence electrons. The SMILES string of the molecule is Cc1ccccc1CN1CCCN(C(=O)CCc2ccc3c(c2)OCO3)CC1. The second-order valence-electron chi connectivity index (χ2n) is 7.62. The van der Waals surface area contributed by atoms with Crippen LogP contribution in [-0.2, 0) is 17.8 Å². The molecule has 0 saturated carbocycles. The smallest absolute Gasteiger partial charge is 0.231 e. The molecule has 0 aromatic heterocycles. The predicted octanol–water partition coefficient (Wildman–Crippen LogP) is 3.39. The molecule has 0 atom stereocenters. The molecular weight excluding hydrogens is 352 g/mol. The lowest BCUT2D eigenvalue weighted by molar-refractivity contribution is -0.131. The fourth-order valence-electron chi connectivity index (χ4n) is 3.91. The molecule has 0 spiro atoms. The number of benzene rings is 2. The van der Waals surface area contributed by atoms with Gasteiger partial charge in [0.2, 0.25) is 12.7 Å². The average Bonchev–Trinajstić information content (AvgIpc) is 3.05. The zero-order chi connectivity index (χ0) is 19.3. The number of hydrogen-bond donors (Lipinski definition) is 0. The van der Waals surface area contributed by atoms with Crippen molar-refractivity contribution in [1.29, 1.82) is 0 Å². The van der Waals surface area contributed by atoms with Gasteiger partial charge in [0.25, 0.3) is 0 Å². The number of rotatable bonds is 5. The number of carbonyl (C=O) groups excluding carboxylic acids is 1. The number of carbonyl (C=O) groups is 1. The number of amides is 1. The minimum atomic E-state index is 0.246. The Morgan fingerprint density at radius 1 is 1.00 bits per heavy atom. The van der Waals surface area contributed by atoms with E-state index in [1.165, 1.54) is 11.1 Å². The first kappa shape index (κ1) is 18.8. The molecule has 2 aliphatic rings. The number of ether oxygens (including phenoxy) is 2.